The lowest BCUT2D eigenvalue weighted by molar-refractivity contribution is 0.157. The van der Waals surface area contributed by atoms with E-state index in [2.05, 4.69) is 26.2 Å². The van der Waals surface area contributed by atoms with Gasteiger partial charge in [-0.3, -0.25) is 4.68 Å². The van der Waals surface area contributed by atoms with Gasteiger partial charge in [0.1, 0.15) is 6.61 Å². The lowest BCUT2D eigenvalue weighted by Crippen LogP contribution is -2.23. The highest BCUT2D eigenvalue weighted by atomic mass is 16.5. The van der Waals surface area contributed by atoms with Gasteiger partial charge < -0.3 is 15.8 Å². The number of hydrogen-bond donors (Lipinski definition) is 2. The predicted octanol–water partition coefficient (Wildman–Crippen LogP) is 0.462. The second-order valence-electron chi connectivity index (χ2n) is 4.27. The SMILES string of the molecule is Cc1nn(C)c2ncc(CNCCOC(N)=O)cc12. The number of rotatable bonds is 5. The number of amides is 1. The fourth-order valence-electron chi connectivity index (χ4n) is 1.90. The first-order valence-corrected chi connectivity index (χ1v) is 5.99. The number of carbonyl (C=O) groups excluding carboxylic acids is 1. The molecule has 2 rings (SSSR count). The summed E-state index contributed by atoms with van der Waals surface area (Å²) in [4.78, 5) is 14.8. The maximum atomic E-state index is 10.4. The van der Waals surface area contributed by atoms with Gasteiger partial charge in [-0.15, -0.1) is 0 Å². The Bertz CT molecular complexity index is 593. The van der Waals surface area contributed by atoms with Crippen LogP contribution >= 0.6 is 0 Å². The largest absolute Gasteiger partial charge is 0.448 e. The molecule has 2 heterocycles. The number of carbonyl (C=O) groups is 1. The van der Waals surface area contributed by atoms with Crippen LogP contribution in [0.1, 0.15) is 11.3 Å². The molecule has 0 spiro atoms. The lowest BCUT2D eigenvalue weighted by atomic mass is 10.2. The fraction of sp³-hybridized carbons (Fsp3) is 0.417. The van der Waals surface area contributed by atoms with Gasteiger partial charge in [0.05, 0.1) is 5.69 Å². The van der Waals surface area contributed by atoms with Crippen molar-refractivity contribution >= 4 is 17.1 Å². The van der Waals surface area contributed by atoms with Gasteiger partial charge in [-0.25, -0.2) is 9.78 Å². The minimum absolute atomic E-state index is 0.261. The number of pyridine rings is 1. The summed E-state index contributed by atoms with van der Waals surface area (Å²) in [6.07, 6.45) is 1.06. The van der Waals surface area contributed by atoms with Crippen molar-refractivity contribution in [1.29, 1.82) is 0 Å². The van der Waals surface area contributed by atoms with Gasteiger partial charge in [0, 0.05) is 31.7 Å². The Hall–Kier alpha value is -2.15. The number of nitrogens with zero attached hydrogens (tertiary/aromatic N) is 3. The molecule has 0 bridgehead atoms. The van der Waals surface area contributed by atoms with Crippen molar-refractivity contribution in [3.63, 3.8) is 0 Å². The van der Waals surface area contributed by atoms with Gasteiger partial charge in [-0.05, 0) is 18.6 Å². The molecule has 0 unspecified atom stereocenters. The Morgan fingerprint density at radius 2 is 2.37 bits per heavy atom. The third-order valence-corrected chi connectivity index (χ3v) is 2.77. The first-order valence-electron chi connectivity index (χ1n) is 5.99. The number of primary amides is 1. The van der Waals surface area contributed by atoms with Gasteiger partial charge in [-0.1, -0.05) is 0 Å². The standard InChI is InChI=1S/C12H17N5O2/c1-8-10-5-9(6-14-3-4-19-12(13)18)7-15-11(10)17(2)16-8/h5,7,14H,3-4,6H2,1-2H3,(H2,13,18). The maximum Gasteiger partial charge on any atom is 0.404 e. The van der Waals surface area contributed by atoms with Crippen LogP contribution in [0.4, 0.5) is 4.79 Å². The average Bonchev–Trinajstić information content (AvgIpc) is 2.64. The minimum atomic E-state index is -0.754. The summed E-state index contributed by atoms with van der Waals surface area (Å²) in [6, 6.07) is 2.06. The summed E-state index contributed by atoms with van der Waals surface area (Å²) in [5.74, 6) is 0. The molecule has 0 atom stereocenters. The molecule has 7 heteroatoms. The molecule has 19 heavy (non-hydrogen) atoms. The molecule has 0 radical (unpaired) electrons. The number of aryl methyl sites for hydroxylation is 2. The second kappa shape index (κ2) is 5.66. The van der Waals surface area contributed by atoms with Crippen molar-refractivity contribution in [3.8, 4) is 0 Å². The number of aromatic nitrogens is 3. The normalized spacial score (nSPS) is 10.8. The molecule has 1 amide bonds. The van der Waals surface area contributed by atoms with E-state index in [-0.39, 0.29) is 6.61 Å². The third-order valence-electron chi connectivity index (χ3n) is 2.77. The Balaban J connectivity index is 1.94. The second-order valence-corrected chi connectivity index (χ2v) is 4.27. The van der Waals surface area contributed by atoms with Crippen molar-refractivity contribution in [3.05, 3.63) is 23.5 Å². The highest BCUT2D eigenvalue weighted by Gasteiger charge is 2.06. The van der Waals surface area contributed by atoms with E-state index in [0.717, 1.165) is 22.3 Å². The number of hydrogen-bond acceptors (Lipinski definition) is 5. The summed E-state index contributed by atoms with van der Waals surface area (Å²) in [5, 5.41) is 8.52. The van der Waals surface area contributed by atoms with Crippen molar-refractivity contribution in [2.45, 2.75) is 13.5 Å². The van der Waals surface area contributed by atoms with Crippen LogP contribution in [0.15, 0.2) is 12.3 Å². The molecule has 0 saturated carbocycles. The van der Waals surface area contributed by atoms with E-state index >= 15 is 0 Å². The zero-order valence-electron chi connectivity index (χ0n) is 11.0. The molecule has 0 aliphatic rings. The van der Waals surface area contributed by atoms with Gasteiger partial charge in [0.2, 0.25) is 0 Å². The quantitative estimate of drug-likeness (QED) is 0.764. The molecule has 7 nitrogen and oxygen atoms in total. The first-order chi connectivity index (χ1) is 9.08. The molecule has 3 N–H and O–H groups in total. The van der Waals surface area contributed by atoms with Crippen LogP contribution in [0, 0.1) is 6.92 Å². The van der Waals surface area contributed by atoms with E-state index < -0.39 is 6.09 Å². The van der Waals surface area contributed by atoms with Gasteiger partial charge >= 0.3 is 6.09 Å². The number of nitrogens with two attached hydrogens (primary N) is 1. The zero-order valence-corrected chi connectivity index (χ0v) is 11.0. The minimum Gasteiger partial charge on any atom is -0.448 e. The number of nitrogens with one attached hydrogen (secondary N) is 1. The lowest BCUT2D eigenvalue weighted by Gasteiger charge is -2.05. The van der Waals surface area contributed by atoms with Crippen LogP contribution in [-0.2, 0) is 18.3 Å². The Labute approximate surface area is 110 Å². The molecule has 0 saturated heterocycles. The predicted molar refractivity (Wildman–Crippen MR) is 70.5 cm³/mol. The topological polar surface area (TPSA) is 95.1 Å². The molecule has 0 aromatic carbocycles. The summed E-state index contributed by atoms with van der Waals surface area (Å²) in [7, 11) is 1.88. The molecule has 0 fully saturated rings. The van der Waals surface area contributed by atoms with E-state index in [0.29, 0.717) is 13.1 Å². The molecule has 0 aliphatic carbocycles. The van der Waals surface area contributed by atoms with Gasteiger partial charge in [0.15, 0.2) is 5.65 Å². The maximum absolute atomic E-state index is 10.4. The average molecular weight is 263 g/mol. The van der Waals surface area contributed by atoms with E-state index in [9.17, 15) is 4.79 Å². The Morgan fingerprint density at radius 1 is 1.58 bits per heavy atom. The van der Waals surface area contributed by atoms with Crippen LogP contribution in [0.3, 0.4) is 0 Å². The van der Waals surface area contributed by atoms with Crippen molar-refractivity contribution < 1.29 is 9.53 Å². The van der Waals surface area contributed by atoms with E-state index in [1.807, 2.05) is 20.2 Å². The molecular formula is C12H17N5O2. The molecule has 2 aromatic rings. The smallest absolute Gasteiger partial charge is 0.404 e. The number of ether oxygens (including phenoxy) is 1. The van der Waals surface area contributed by atoms with Crippen molar-refractivity contribution in [2.24, 2.45) is 12.8 Å². The van der Waals surface area contributed by atoms with E-state index in [1.165, 1.54) is 0 Å². The molecule has 0 aliphatic heterocycles. The number of fused-ring (bicyclic) bond motifs is 1. The summed E-state index contributed by atoms with van der Waals surface area (Å²) in [5.41, 5.74) is 7.75. The molecular weight excluding hydrogens is 246 g/mol. The van der Waals surface area contributed by atoms with Crippen molar-refractivity contribution in [1.82, 2.24) is 20.1 Å². The molecule has 2 aromatic heterocycles. The highest BCUT2D eigenvalue weighted by molar-refractivity contribution is 5.78. The molecule has 102 valence electrons. The van der Waals surface area contributed by atoms with Gasteiger partial charge in [0.25, 0.3) is 0 Å². The van der Waals surface area contributed by atoms with E-state index in [4.69, 9.17) is 5.73 Å². The Kier molecular flexibility index (Phi) is 3.96. The van der Waals surface area contributed by atoms with Crippen LogP contribution in [0.2, 0.25) is 0 Å². The van der Waals surface area contributed by atoms with E-state index in [1.54, 1.807) is 4.68 Å². The van der Waals surface area contributed by atoms with Crippen LogP contribution in [-0.4, -0.2) is 34.0 Å². The summed E-state index contributed by atoms with van der Waals surface area (Å²) < 4.78 is 6.39. The monoisotopic (exact) mass is 263 g/mol. The summed E-state index contributed by atoms with van der Waals surface area (Å²) >= 11 is 0. The third kappa shape index (κ3) is 3.19. The summed E-state index contributed by atoms with van der Waals surface area (Å²) in [6.45, 7) is 3.42. The fourth-order valence-corrected chi connectivity index (χ4v) is 1.90. The van der Waals surface area contributed by atoms with Crippen LogP contribution < -0.4 is 11.1 Å². The van der Waals surface area contributed by atoms with Crippen LogP contribution in [0.25, 0.3) is 11.0 Å². The zero-order chi connectivity index (χ0) is 13.8. The Morgan fingerprint density at radius 3 is 3.11 bits per heavy atom. The van der Waals surface area contributed by atoms with Crippen molar-refractivity contribution in [2.75, 3.05) is 13.2 Å². The van der Waals surface area contributed by atoms with Gasteiger partial charge in [-0.2, -0.15) is 5.10 Å². The first kappa shape index (κ1) is 13.3. The van der Waals surface area contributed by atoms with Crippen LogP contribution in [0.5, 0.6) is 0 Å². The highest BCUT2D eigenvalue weighted by Crippen LogP contribution is 2.16.